The minimum Gasteiger partial charge on any atom is -0.393 e. The third-order valence-corrected chi connectivity index (χ3v) is 8.16. The zero-order valence-corrected chi connectivity index (χ0v) is 19.4. The molecule has 1 aliphatic rings. The number of hydrogen-bond donors (Lipinski definition) is 3. The number of nitrogens with one attached hydrogen (secondary N) is 2. The minimum absolute atomic E-state index is 0.0517. The predicted octanol–water partition coefficient (Wildman–Crippen LogP) is 5.20. The molecule has 0 heterocycles. The van der Waals surface area contributed by atoms with Crippen molar-refractivity contribution in [2.45, 2.75) is 50.4 Å². The molecule has 1 saturated carbocycles. The van der Waals surface area contributed by atoms with Gasteiger partial charge in [0.15, 0.2) is 11.6 Å². The van der Waals surface area contributed by atoms with Crippen LogP contribution in [0.5, 0.6) is 0 Å². The predicted molar refractivity (Wildman–Crippen MR) is 119 cm³/mol. The summed E-state index contributed by atoms with van der Waals surface area (Å²) < 4.78 is 70.9. The average molecular weight is 554 g/mol. The van der Waals surface area contributed by atoms with E-state index in [-0.39, 0.29) is 23.4 Å². The number of hydrogen-bond acceptors (Lipinski definition) is 4. The van der Waals surface area contributed by atoms with Crippen LogP contribution >= 0.6 is 22.6 Å². The first kappa shape index (κ1) is 23.1. The molecule has 30 heavy (non-hydrogen) atoms. The van der Waals surface area contributed by atoms with Crippen molar-refractivity contribution in [2.75, 3.05) is 10.0 Å². The number of benzene rings is 2. The Bertz CT molecular complexity index is 1080. The number of halogens is 4. The monoisotopic (exact) mass is 554 g/mol. The van der Waals surface area contributed by atoms with E-state index >= 15 is 0 Å². The van der Waals surface area contributed by atoms with E-state index in [2.05, 4.69) is 10.0 Å². The molecule has 1 atom stereocenters. The zero-order chi connectivity index (χ0) is 22.3. The Kier molecular flexibility index (Phi) is 6.59. The lowest BCUT2D eigenvalue weighted by Gasteiger charge is -2.23. The summed E-state index contributed by atoms with van der Waals surface area (Å²) in [7, 11) is -4.02. The van der Waals surface area contributed by atoms with E-state index in [1.165, 1.54) is 19.1 Å². The molecular formula is C20H22F3IN2O3S. The fourth-order valence-corrected chi connectivity index (χ4v) is 5.52. The second kappa shape index (κ2) is 8.54. The van der Waals surface area contributed by atoms with Gasteiger partial charge in [-0.1, -0.05) is 6.92 Å². The van der Waals surface area contributed by atoms with Gasteiger partial charge in [-0.25, -0.2) is 21.6 Å². The maximum Gasteiger partial charge on any atom is 0.238 e. The molecule has 2 aromatic carbocycles. The molecule has 0 unspecified atom stereocenters. The summed E-state index contributed by atoms with van der Waals surface area (Å²) in [5, 5.41) is 12.4. The van der Waals surface area contributed by atoms with Gasteiger partial charge in [0.2, 0.25) is 10.0 Å². The molecule has 0 aromatic heterocycles. The number of aliphatic hydroxyl groups is 1. The summed E-state index contributed by atoms with van der Waals surface area (Å²) >= 11 is 1.91. The molecule has 164 valence electrons. The van der Waals surface area contributed by atoms with Crippen LogP contribution in [0.15, 0.2) is 24.3 Å². The molecule has 3 N–H and O–H groups in total. The van der Waals surface area contributed by atoms with Crippen LogP contribution in [-0.2, 0) is 10.0 Å². The Labute approximate surface area is 187 Å². The van der Waals surface area contributed by atoms with E-state index in [1.807, 2.05) is 22.6 Å². The van der Waals surface area contributed by atoms with Gasteiger partial charge in [0.05, 0.1) is 22.2 Å². The molecule has 0 radical (unpaired) electrons. The standard InChI is InChI=1S/C20H22F3IN2O3S/c1-3-13(27)10-20(6-7-20)30(28,29)26-18-11(2)8-15(22)17(23)19(18)25-16-5-4-12(24)9-14(16)21/h4-5,8-9,13,25-27H,3,6-7,10H2,1-2H3/t13-/m1/s1. The third-order valence-electron chi connectivity index (χ3n) is 5.30. The van der Waals surface area contributed by atoms with Crippen LogP contribution in [0, 0.1) is 27.9 Å². The summed E-state index contributed by atoms with van der Waals surface area (Å²) in [5.74, 6) is -3.21. The summed E-state index contributed by atoms with van der Waals surface area (Å²) in [5.41, 5.74) is -0.674. The highest BCUT2D eigenvalue weighted by Crippen LogP contribution is 2.49. The number of aliphatic hydroxyl groups excluding tert-OH is 1. The van der Waals surface area contributed by atoms with Crippen LogP contribution in [-0.4, -0.2) is 24.4 Å². The molecule has 0 aliphatic heterocycles. The molecule has 0 amide bonds. The fraction of sp³-hybridized carbons (Fsp3) is 0.400. The highest BCUT2D eigenvalue weighted by Gasteiger charge is 2.55. The number of anilines is 3. The van der Waals surface area contributed by atoms with Gasteiger partial charge in [0.1, 0.15) is 11.5 Å². The highest BCUT2D eigenvalue weighted by molar-refractivity contribution is 14.1. The number of aryl methyl sites for hydroxylation is 1. The largest absolute Gasteiger partial charge is 0.393 e. The lowest BCUT2D eigenvalue weighted by molar-refractivity contribution is 0.156. The second-order valence-corrected chi connectivity index (χ2v) is 10.9. The Balaban J connectivity index is 2.02. The first-order chi connectivity index (χ1) is 14.0. The van der Waals surface area contributed by atoms with Crippen LogP contribution in [0.1, 0.15) is 38.2 Å². The topological polar surface area (TPSA) is 78.4 Å². The third kappa shape index (κ3) is 4.54. The lowest BCUT2D eigenvalue weighted by Crippen LogP contribution is -2.33. The zero-order valence-electron chi connectivity index (χ0n) is 16.4. The van der Waals surface area contributed by atoms with Gasteiger partial charge in [0, 0.05) is 3.57 Å². The quantitative estimate of drug-likeness (QED) is 0.393. The molecule has 3 rings (SSSR count). The van der Waals surface area contributed by atoms with Crippen molar-refractivity contribution in [3.63, 3.8) is 0 Å². The lowest BCUT2D eigenvalue weighted by atomic mass is 10.1. The van der Waals surface area contributed by atoms with Gasteiger partial charge in [0.25, 0.3) is 0 Å². The van der Waals surface area contributed by atoms with Crippen molar-refractivity contribution in [3.8, 4) is 0 Å². The van der Waals surface area contributed by atoms with Gasteiger partial charge >= 0.3 is 0 Å². The maximum absolute atomic E-state index is 14.7. The van der Waals surface area contributed by atoms with E-state index in [0.717, 1.165) is 6.07 Å². The van der Waals surface area contributed by atoms with Gasteiger partial charge < -0.3 is 10.4 Å². The molecule has 1 fully saturated rings. The van der Waals surface area contributed by atoms with Gasteiger partial charge in [-0.15, -0.1) is 0 Å². The molecule has 0 bridgehead atoms. The summed E-state index contributed by atoms with van der Waals surface area (Å²) in [6.45, 7) is 3.17. The van der Waals surface area contributed by atoms with E-state index in [9.17, 15) is 26.7 Å². The number of sulfonamides is 1. The van der Waals surface area contributed by atoms with Gasteiger partial charge in [-0.05, 0) is 85.0 Å². The first-order valence-electron chi connectivity index (χ1n) is 9.41. The minimum atomic E-state index is -4.02. The SMILES string of the molecule is CC[C@@H](O)CC1(S(=O)(=O)Nc2c(C)cc(F)c(F)c2Nc2ccc(I)cc2F)CC1. The van der Waals surface area contributed by atoms with E-state index in [1.54, 1.807) is 13.0 Å². The van der Waals surface area contributed by atoms with Crippen LogP contribution in [0.2, 0.25) is 0 Å². The van der Waals surface area contributed by atoms with E-state index in [0.29, 0.717) is 22.8 Å². The van der Waals surface area contributed by atoms with Crippen molar-refractivity contribution in [2.24, 2.45) is 0 Å². The molecule has 0 spiro atoms. The molecule has 1 aliphatic carbocycles. The van der Waals surface area contributed by atoms with Crippen molar-refractivity contribution in [1.29, 1.82) is 0 Å². The Hall–Kier alpha value is -1.53. The van der Waals surface area contributed by atoms with E-state index in [4.69, 9.17) is 0 Å². The van der Waals surface area contributed by atoms with Crippen LogP contribution in [0.3, 0.4) is 0 Å². The molecule has 0 saturated heterocycles. The molecule has 2 aromatic rings. The number of rotatable bonds is 8. The van der Waals surface area contributed by atoms with Crippen LogP contribution in [0.25, 0.3) is 0 Å². The van der Waals surface area contributed by atoms with Gasteiger partial charge in [-0.2, -0.15) is 0 Å². The van der Waals surface area contributed by atoms with Crippen LogP contribution < -0.4 is 10.0 Å². The Morgan fingerprint density at radius 1 is 1.17 bits per heavy atom. The van der Waals surface area contributed by atoms with Crippen molar-refractivity contribution in [3.05, 3.63) is 50.9 Å². The van der Waals surface area contributed by atoms with Crippen LogP contribution in [0.4, 0.5) is 30.2 Å². The average Bonchev–Trinajstić information content (AvgIpc) is 3.45. The normalized spacial score (nSPS) is 16.2. The van der Waals surface area contributed by atoms with E-state index < -0.39 is 44.0 Å². The summed E-state index contributed by atoms with van der Waals surface area (Å²) in [4.78, 5) is 0. The second-order valence-electron chi connectivity index (χ2n) is 7.54. The fourth-order valence-electron chi connectivity index (χ4n) is 3.26. The van der Waals surface area contributed by atoms with Crippen molar-refractivity contribution < 1.29 is 26.7 Å². The van der Waals surface area contributed by atoms with Gasteiger partial charge in [-0.3, -0.25) is 4.72 Å². The maximum atomic E-state index is 14.7. The Morgan fingerprint density at radius 3 is 2.40 bits per heavy atom. The highest BCUT2D eigenvalue weighted by atomic mass is 127. The molecular weight excluding hydrogens is 532 g/mol. The molecule has 5 nitrogen and oxygen atoms in total. The summed E-state index contributed by atoms with van der Waals surface area (Å²) in [6, 6.07) is 5.02. The first-order valence-corrected chi connectivity index (χ1v) is 12.0. The Morgan fingerprint density at radius 2 is 1.83 bits per heavy atom. The summed E-state index contributed by atoms with van der Waals surface area (Å²) in [6.07, 6.45) is 0.387. The smallest absolute Gasteiger partial charge is 0.238 e. The van der Waals surface area contributed by atoms with Crippen molar-refractivity contribution >= 4 is 49.7 Å². The molecule has 10 heteroatoms. The van der Waals surface area contributed by atoms with Crippen molar-refractivity contribution in [1.82, 2.24) is 0 Å².